The minimum atomic E-state index is -3.67. The Bertz CT molecular complexity index is 1080. The summed E-state index contributed by atoms with van der Waals surface area (Å²) in [5, 5.41) is 0. The average molecular weight is 427 g/mol. The highest BCUT2D eigenvalue weighted by molar-refractivity contribution is 7.89. The van der Waals surface area contributed by atoms with E-state index in [4.69, 9.17) is 0 Å². The van der Waals surface area contributed by atoms with Crippen LogP contribution in [0.5, 0.6) is 0 Å². The molecule has 1 fully saturated rings. The van der Waals surface area contributed by atoms with Gasteiger partial charge in [0, 0.05) is 26.2 Å². The number of hydrogen-bond donors (Lipinski definition) is 0. The molecule has 0 spiro atoms. The topological polar surface area (TPSA) is 74.8 Å². The molecule has 0 bridgehead atoms. The molecular weight excluding hydrogens is 403 g/mol. The lowest BCUT2D eigenvalue weighted by molar-refractivity contribution is 0.272. The van der Waals surface area contributed by atoms with Gasteiger partial charge in [-0.2, -0.15) is 8.61 Å². The highest BCUT2D eigenvalue weighted by Gasteiger charge is 2.33. The highest BCUT2D eigenvalue weighted by atomic mass is 32.2. The second-order valence-electron chi connectivity index (χ2n) is 6.94. The molecule has 3 rings (SSSR count). The summed E-state index contributed by atoms with van der Waals surface area (Å²) in [5.74, 6) is -0.800. The Labute approximate surface area is 165 Å². The van der Waals surface area contributed by atoms with Crippen LogP contribution in [0.3, 0.4) is 0 Å². The third-order valence-corrected chi connectivity index (χ3v) is 8.69. The first-order valence-electron chi connectivity index (χ1n) is 8.89. The van der Waals surface area contributed by atoms with E-state index in [9.17, 15) is 21.2 Å². The van der Waals surface area contributed by atoms with Crippen molar-refractivity contribution in [1.82, 2.24) is 8.61 Å². The fourth-order valence-corrected chi connectivity index (χ4v) is 6.15. The molecule has 0 radical (unpaired) electrons. The van der Waals surface area contributed by atoms with Gasteiger partial charge in [0.05, 0.1) is 10.6 Å². The number of piperazine rings is 1. The summed E-state index contributed by atoms with van der Waals surface area (Å²) in [6.45, 7) is 4.07. The van der Waals surface area contributed by atoms with Crippen LogP contribution in [0.15, 0.2) is 47.4 Å². The molecule has 9 heteroatoms. The summed E-state index contributed by atoms with van der Waals surface area (Å²) in [5.41, 5.74) is 2.26. The number of rotatable bonds is 5. The van der Waals surface area contributed by atoms with Gasteiger partial charge >= 0.3 is 0 Å². The molecule has 1 aliphatic heterocycles. The van der Waals surface area contributed by atoms with Crippen LogP contribution < -0.4 is 0 Å². The van der Waals surface area contributed by atoms with Crippen molar-refractivity contribution in [1.29, 1.82) is 0 Å². The average Bonchev–Trinajstić information content (AvgIpc) is 2.63. The van der Waals surface area contributed by atoms with Gasteiger partial charge in [-0.3, -0.25) is 0 Å². The molecule has 2 aromatic carbocycles. The summed E-state index contributed by atoms with van der Waals surface area (Å²) in [6, 6.07) is 10.4. The third kappa shape index (κ3) is 4.43. The standard InChI is InChI=1S/C19H23FN2O4S2/c1-15-6-7-19(12-16(15)2)28(25,26)22-10-8-21(9-11-22)27(23,24)14-17-4-3-5-18(20)13-17/h3-7,12-13H,8-11,14H2,1-2H3. The first-order valence-corrected chi connectivity index (χ1v) is 11.9. The van der Waals surface area contributed by atoms with Gasteiger partial charge in [0.25, 0.3) is 0 Å². The highest BCUT2D eigenvalue weighted by Crippen LogP contribution is 2.22. The van der Waals surface area contributed by atoms with Crippen LogP contribution in [0.25, 0.3) is 0 Å². The van der Waals surface area contributed by atoms with E-state index in [2.05, 4.69) is 0 Å². The molecule has 0 atom stereocenters. The molecule has 0 amide bonds. The molecule has 1 heterocycles. The zero-order chi connectivity index (χ0) is 20.5. The fourth-order valence-electron chi connectivity index (χ4n) is 3.14. The van der Waals surface area contributed by atoms with Crippen LogP contribution >= 0.6 is 0 Å². The van der Waals surface area contributed by atoms with E-state index in [1.54, 1.807) is 24.3 Å². The van der Waals surface area contributed by atoms with Crippen molar-refractivity contribution >= 4 is 20.0 Å². The maximum absolute atomic E-state index is 13.3. The zero-order valence-electron chi connectivity index (χ0n) is 15.8. The lowest BCUT2D eigenvalue weighted by atomic mass is 10.1. The number of halogens is 1. The Morgan fingerprint density at radius 2 is 1.50 bits per heavy atom. The van der Waals surface area contributed by atoms with Gasteiger partial charge in [0.15, 0.2) is 0 Å². The molecule has 1 saturated heterocycles. The van der Waals surface area contributed by atoms with Crippen molar-refractivity contribution in [3.8, 4) is 0 Å². The van der Waals surface area contributed by atoms with Gasteiger partial charge in [0.2, 0.25) is 20.0 Å². The molecule has 0 aliphatic carbocycles. The predicted molar refractivity (Wildman–Crippen MR) is 105 cm³/mol. The first kappa shape index (κ1) is 20.9. The summed E-state index contributed by atoms with van der Waals surface area (Å²) in [6.07, 6.45) is 0. The van der Waals surface area contributed by atoms with Gasteiger partial charge in [-0.25, -0.2) is 21.2 Å². The maximum Gasteiger partial charge on any atom is 0.243 e. The van der Waals surface area contributed by atoms with Crippen molar-refractivity contribution in [3.63, 3.8) is 0 Å². The van der Waals surface area contributed by atoms with Crippen LogP contribution in [-0.4, -0.2) is 51.6 Å². The second-order valence-corrected chi connectivity index (χ2v) is 10.8. The van der Waals surface area contributed by atoms with Crippen molar-refractivity contribution < 1.29 is 21.2 Å². The van der Waals surface area contributed by atoms with Gasteiger partial charge in [-0.1, -0.05) is 18.2 Å². The Kier molecular flexibility index (Phi) is 5.90. The van der Waals surface area contributed by atoms with Crippen molar-refractivity contribution in [3.05, 3.63) is 65.0 Å². The third-order valence-electron chi connectivity index (χ3n) is 4.95. The first-order chi connectivity index (χ1) is 13.1. The molecule has 28 heavy (non-hydrogen) atoms. The molecule has 2 aromatic rings. The van der Waals surface area contributed by atoms with Gasteiger partial charge in [0.1, 0.15) is 5.82 Å². The molecule has 152 valence electrons. The summed E-state index contributed by atoms with van der Waals surface area (Å²) in [4.78, 5) is 0.215. The Hall–Kier alpha value is -1.81. The second kappa shape index (κ2) is 7.90. The molecule has 0 saturated carbocycles. The van der Waals surface area contributed by atoms with Crippen molar-refractivity contribution in [2.24, 2.45) is 0 Å². The molecule has 0 unspecified atom stereocenters. The van der Waals surface area contributed by atoms with E-state index in [1.807, 2.05) is 13.8 Å². The Balaban J connectivity index is 1.70. The quantitative estimate of drug-likeness (QED) is 0.735. The summed E-state index contributed by atoms with van der Waals surface area (Å²) < 4.78 is 66.8. The van der Waals surface area contributed by atoms with Crippen molar-refractivity contribution in [2.75, 3.05) is 26.2 Å². The number of nitrogens with zero attached hydrogens (tertiary/aromatic N) is 2. The summed E-state index contributed by atoms with van der Waals surface area (Å²) in [7, 11) is -7.33. The molecular formula is C19H23FN2O4S2. The fraction of sp³-hybridized carbons (Fsp3) is 0.368. The monoisotopic (exact) mass is 426 g/mol. The minimum absolute atomic E-state index is 0.0712. The van der Waals surface area contributed by atoms with E-state index in [0.717, 1.165) is 11.1 Å². The number of aryl methyl sites for hydroxylation is 2. The van der Waals surface area contributed by atoms with Gasteiger partial charge in [-0.15, -0.1) is 0 Å². The lowest BCUT2D eigenvalue weighted by Gasteiger charge is -2.33. The maximum atomic E-state index is 13.3. The van der Waals surface area contributed by atoms with E-state index in [1.165, 1.54) is 26.8 Å². The number of hydrogen-bond acceptors (Lipinski definition) is 4. The van der Waals surface area contributed by atoms with Gasteiger partial charge in [-0.05, 0) is 54.8 Å². The lowest BCUT2D eigenvalue weighted by Crippen LogP contribution is -2.50. The van der Waals surface area contributed by atoms with Crippen molar-refractivity contribution in [2.45, 2.75) is 24.5 Å². The normalized spacial score (nSPS) is 17.0. The molecule has 6 nitrogen and oxygen atoms in total. The molecule has 1 aliphatic rings. The number of benzene rings is 2. The SMILES string of the molecule is Cc1ccc(S(=O)(=O)N2CCN(S(=O)(=O)Cc3cccc(F)c3)CC2)cc1C. The largest absolute Gasteiger partial charge is 0.243 e. The van der Waals surface area contributed by atoms with Crippen LogP contribution in [-0.2, 0) is 25.8 Å². The minimum Gasteiger partial charge on any atom is -0.212 e. The molecule has 0 aromatic heterocycles. The number of sulfonamides is 2. The van der Waals surface area contributed by atoms with Crippen LogP contribution in [0.4, 0.5) is 4.39 Å². The zero-order valence-corrected chi connectivity index (χ0v) is 17.4. The van der Waals surface area contributed by atoms with E-state index >= 15 is 0 Å². The van der Waals surface area contributed by atoms with Crippen LogP contribution in [0.2, 0.25) is 0 Å². The Morgan fingerprint density at radius 3 is 2.11 bits per heavy atom. The van der Waals surface area contributed by atoms with Gasteiger partial charge < -0.3 is 0 Å². The van der Waals surface area contributed by atoms with E-state index in [-0.39, 0.29) is 36.8 Å². The van der Waals surface area contributed by atoms with E-state index in [0.29, 0.717) is 5.56 Å². The van der Waals surface area contributed by atoms with E-state index < -0.39 is 25.9 Å². The van der Waals surface area contributed by atoms with Crippen LogP contribution in [0.1, 0.15) is 16.7 Å². The Morgan fingerprint density at radius 1 is 0.857 bits per heavy atom. The smallest absolute Gasteiger partial charge is 0.212 e. The van der Waals surface area contributed by atoms with Crippen LogP contribution in [0, 0.1) is 19.7 Å². The molecule has 0 N–H and O–H groups in total. The predicted octanol–water partition coefficient (Wildman–Crippen LogP) is 2.28. The summed E-state index contributed by atoms with van der Waals surface area (Å²) >= 11 is 0.